The highest BCUT2D eigenvalue weighted by atomic mass is 32.1. The number of aromatic carboxylic acids is 1. The average Bonchev–Trinajstić information content (AvgIpc) is 3.08. The van der Waals surface area contributed by atoms with Crippen LogP contribution in [0.5, 0.6) is 0 Å². The number of hydrogen-bond donors (Lipinski definition) is 1. The molecule has 0 aliphatic carbocycles. The number of anilines is 1. The van der Waals surface area contributed by atoms with Crippen molar-refractivity contribution in [3.8, 4) is 0 Å². The fraction of sp³-hybridized carbons (Fsp3) is 0.0952. The smallest absolute Gasteiger partial charge is 0.351 e. The van der Waals surface area contributed by atoms with Gasteiger partial charge in [-0.1, -0.05) is 30.3 Å². The summed E-state index contributed by atoms with van der Waals surface area (Å²) < 4.78 is 5.58. The van der Waals surface area contributed by atoms with Gasteiger partial charge in [-0.2, -0.15) is 0 Å². The molecule has 0 saturated heterocycles. The zero-order valence-electron chi connectivity index (χ0n) is 15.1. The minimum absolute atomic E-state index is 0.202. The number of carbonyl (C=O) groups is 2. The SMILES string of the molecule is Cc1cc(C(=O)N(C)c2cc3oc(=O)c(C(=O)O)cc3s2)c2ccccc2c1. The monoisotopic (exact) mass is 393 g/mol. The second-order valence-corrected chi connectivity index (χ2v) is 7.53. The quantitative estimate of drug-likeness (QED) is 0.561. The van der Waals surface area contributed by atoms with Crippen LogP contribution in [-0.4, -0.2) is 24.0 Å². The molecule has 0 atom stereocenters. The maximum absolute atomic E-state index is 13.2. The molecule has 2 aromatic carbocycles. The lowest BCUT2D eigenvalue weighted by atomic mass is 10.0. The van der Waals surface area contributed by atoms with Crippen LogP contribution in [0, 0.1) is 6.92 Å². The van der Waals surface area contributed by atoms with Gasteiger partial charge in [0.05, 0.1) is 4.70 Å². The largest absolute Gasteiger partial charge is 0.477 e. The number of fused-ring (bicyclic) bond motifs is 2. The Labute approximate surface area is 163 Å². The summed E-state index contributed by atoms with van der Waals surface area (Å²) in [5.74, 6) is -1.55. The van der Waals surface area contributed by atoms with E-state index < -0.39 is 17.2 Å². The van der Waals surface area contributed by atoms with E-state index in [2.05, 4.69) is 0 Å². The van der Waals surface area contributed by atoms with Gasteiger partial charge in [-0.3, -0.25) is 4.79 Å². The highest BCUT2D eigenvalue weighted by molar-refractivity contribution is 7.22. The van der Waals surface area contributed by atoms with Crippen LogP contribution in [0.1, 0.15) is 26.3 Å². The molecule has 28 heavy (non-hydrogen) atoms. The Kier molecular flexibility index (Phi) is 4.24. The molecule has 0 unspecified atom stereocenters. The van der Waals surface area contributed by atoms with E-state index in [1.54, 1.807) is 13.1 Å². The van der Waals surface area contributed by atoms with Gasteiger partial charge in [0.15, 0.2) is 5.58 Å². The summed E-state index contributed by atoms with van der Waals surface area (Å²) >= 11 is 1.19. The maximum Gasteiger partial charge on any atom is 0.351 e. The summed E-state index contributed by atoms with van der Waals surface area (Å²) in [5, 5.41) is 11.5. The molecule has 0 saturated carbocycles. The van der Waals surface area contributed by atoms with Crippen LogP contribution in [-0.2, 0) is 0 Å². The molecule has 0 fully saturated rings. The topological polar surface area (TPSA) is 87.8 Å². The van der Waals surface area contributed by atoms with E-state index in [4.69, 9.17) is 9.52 Å². The first-order chi connectivity index (χ1) is 13.3. The Morgan fingerprint density at radius 3 is 2.57 bits per heavy atom. The van der Waals surface area contributed by atoms with E-state index in [0.29, 0.717) is 15.3 Å². The number of rotatable bonds is 3. The van der Waals surface area contributed by atoms with Gasteiger partial charge in [0, 0.05) is 18.7 Å². The third kappa shape index (κ3) is 2.95. The Bertz CT molecular complexity index is 1320. The second kappa shape index (κ2) is 6.61. The Balaban J connectivity index is 1.79. The number of nitrogens with zero attached hydrogens (tertiary/aromatic N) is 1. The van der Waals surface area contributed by atoms with Crippen LogP contribution in [0.4, 0.5) is 5.00 Å². The molecule has 0 radical (unpaired) electrons. The highest BCUT2D eigenvalue weighted by Crippen LogP contribution is 2.33. The molecule has 2 aromatic heterocycles. The molecule has 1 N–H and O–H groups in total. The van der Waals surface area contributed by atoms with Crippen molar-refractivity contribution in [1.82, 2.24) is 0 Å². The van der Waals surface area contributed by atoms with Crippen molar-refractivity contribution < 1.29 is 19.1 Å². The van der Waals surface area contributed by atoms with Crippen molar-refractivity contribution in [2.45, 2.75) is 6.92 Å². The number of carbonyl (C=O) groups excluding carboxylic acids is 1. The van der Waals surface area contributed by atoms with Gasteiger partial charge < -0.3 is 14.4 Å². The first kappa shape index (κ1) is 17.9. The summed E-state index contributed by atoms with van der Waals surface area (Å²) in [5.41, 5.74) is 0.457. The molecular formula is C21H15NO5S. The van der Waals surface area contributed by atoms with Crippen molar-refractivity contribution in [1.29, 1.82) is 0 Å². The normalized spacial score (nSPS) is 11.1. The Hall–Kier alpha value is -3.45. The number of thiophene rings is 1. The van der Waals surface area contributed by atoms with E-state index >= 15 is 0 Å². The number of benzene rings is 2. The van der Waals surface area contributed by atoms with Crippen molar-refractivity contribution in [2.75, 3.05) is 11.9 Å². The van der Waals surface area contributed by atoms with Crippen LogP contribution in [0.2, 0.25) is 0 Å². The van der Waals surface area contributed by atoms with Crippen LogP contribution in [0.15, 0.2) is 57.7 Å². The molecule has 0 bridgehead atoms. The second-order valence-electron chi connectivity index (χ2n) is 6.46. The summed E-state index contributed by atoms with van der Waals surface area (Å²) in [6, 6.07) is 14.4. The fourth-order valence-corrected chi connectivity index (χ4v) is 4.12. The molecule has 0 spiro atoms. The predicted molar refractivity (Wildman–Crippen MR) is 109 cm³/mol. The average molecular weight is 393 g/mol. The highest BCUT2D eigenvalue weighted by Gasteiger charge is 2.20. The molecule has 6 nitrogen and oxygen atoms in total. The molecule has 2 heterocycles. The molecule has 4 rings (SSSR count). The third-order valence-corrected chi connectivity index (χ3v) is 5.65. The van der Waals surface area contributed by atoms with Gasteiger partial charge in [-0.25, -0.2) is 9.59 Å². The van der Waals surface area contributed by atoms with Gasteiger partial charge in [-0.05, 0) is 35.4 Å². The molecule has 0 aliphatic rings. The van der Waals surface area contributed by atoms with Gasteiger partial charge in [-0.15, -0.1) is 11.3 Å². The molecule has 0 aliphatic heterocycles. The van der Waals surface area contributed by atoms with Crippen molar-refractivity contribution in [2.24, 2.45) is 0 Å². The van der Waals surface area contributed by atoms with Crippen molar-refractivity contribution in [3.05, 3.63) is 75.6 Å². The number of aryl methyl sites for hydroxylation is 1. The fourth-order valence-electron chi connectivity index (χ4n) is 3.13. The van der Waals surface area contributed by atoms with Crippen LogP contribution in [0.25, 0.3) is 21.1 Å². The maximum atomic E-state index is 13.2. The number of carboxylic acids is 1. The first-order valence-electron chi connectivity index (χ1n) is 8.43. The van der Waals surface area contributed by atoms with E-state index in [1.807, 2.05) is 43.3 Å². The summed E-state index contributed by atoms with van der Waals surface area (Å²) in [4.78, 5) is 37.6. The van der Waals surface area contributed by atoms with E-state index in [0.717, 1.165) is 16.3 Å². The van der Waals surface area contributed by atoms with Gasteiger partial charge in [0.25, 0.3) is 5.91 Å². The van der Waals surface area contributed by atoms with Crippen LogP contribution < -0.4 is 10.5 Å². The minimum atomic E-state index is -1.35. The Morgan fingerprint density at radius 2 is 1.82 bits per heavy atom. The zero-order valence-corrected chi connectivity index (χ0v) is 15.9. The number of amides is 1. The van der Waals surface area contributed by atoms with E-state index in [-0.39, 0.29) is 11.5 Å². The molecule has 4 aromatic rings. The molecule has 140 valence electrons. The van der Waals surface area contributed by atoms with Gasteiger partial charge >= 0.3 is 11.6 Å². The van der Waals surface area contributed by atoms with Crippen molar-refractivity contribution >= 4 is 49.3 Å². The summed E-state index contributed by atoms with van der Waals surface area (Å²) in [6.07, 6.45) is 0. The van der Waals surface area contributed by atoms with Gasteiger partial charge in [0.2, 0.25) is 0 Å². The lowest BCUT2D eigenvalue weighted by Crippen LogP contribution is -2.25. The number of hydrogen-bond acceptors (Lipinski definition) is 5. The van der Waals surface area contributed by atoms with Crippen LogP contribution in [0.3, 0.4) is 0 Å². The van der Waals surface area contributed by atoms with Crippen molar-refractivity contribution in [3.63, 3.8) is 0 Å². The first-order valence-corrected chi connectivity index (χ1v) is 9.25. The summed E-state index contributed by atoms with van der Waals surface area (Å²) in [7, 11) is 1.64. The standard InChI is InChI=1S/C21H15NO5S/c1-11-7-12-5-3-4-6-13(12)14(8-11)19(23)22(2)18-10-16-17(28-18)9-15(20(24)25)21(26)27-16/h3-10H,1-2H3,(H,24,25). The number of carboxylic acid groups (broad SMARTS) is 1. The van der Waals surface area contributed by atoms with Gasteiger partial charge in [0.1, 0.15) is 10.6 Å². The lowest BCUT2D eigenvalue weighted by Gasteiger charge is -2.17. The minimum Gasteiger partial charge on any atom is -0.477 e. The van der Waals surface area contributed by atoms with Crippen LogP contribution >= 0.6 is 11.3 Å². The predicted octanol–water partition coefficient (Wildman–Crippen LogP) is 4.29. The molecular weight excluding hydrogens is 378 g/mol. The third-order valence-electron chi connectivity index (χ3n) is 4.51. The van der Waals surface area contributed by atoms with E-state index in [9.17, 15) is 14.4 Å². The molecule has 7 heteroatoms. The lowest BCUT2D eigenvalue weighted by molar-refractivity contribution is 0.0692. The zero-order chi connectivity index (χ0) is 20.0. The van der Waals surface area contributed by atoms with E-state index in [1.165, 1.54) is 22.3 Å². The molecule has 1 amide bonds. The Morgan fingerprint density at radius 1 is 1.07 bits per heavy atom. The summed E-state index contributed by atoms with van der Waals surface area (Å²) in [6.45, 7) is 1.94.